The van der Waals surface area contributed by atoms with Crippen LogP contribution >= 0.6 is 0 Å². The van der Waals surface area contributed by atoms with Gasteiger partial charge in [-0.25, -0.2) is 0 Å². The van der Waals surface area contributed by atoms with Crippen molar-refractivity contribution >= 4 is 23.2 Å². The number of benzene rings is 2. The number of carbonyl (C=O) groups excluding carboxylic acids is 2. The minimum absolute atomic E-state index is 0.0828. The molecule has 164 valence electrons. The second kappa shape index (κ2) is 8.88. The number of hydrogen-bond acceptors (Lipinski definition) is 5. The van der Waals surface area contributed by atoms with Crippen molar-refractivity contribution in [3.8, 4) is 11.5 Å². The van der Waals surface area contributed by atoms with E-state index >= 15 is 0 Å². The van der Waals surface area contributed by atoms with E-state index in [1.54, 1.807) is 19.1 Å². The first-order valence-electron chi connectivity index (χ1n) is 10.8. The molecule has 1 N–H and O–H groups in total. The Morgan fingerprint density at radius 2 is 1.97 bits per heavy atom. The third kappa shape index (κ3) is 4.04. The molecule has 7 heteroatoms. The number of nitrogens with zero attached hydrogens (tertiary/aromatic N) is 2. The summed E-state index contributed by atoms with van der Waals surface area (Å²) in [5.41, 5.74) is 3.26. The van der Waals surface area contributed by atoms with Gasteiger partial charge in [-0.1, -0.05) is 6.07 Å². The largest absolute Gasteiger partial charge is 0.493 e. The molecule has 1 saturated heterocycles. The van der Waals surface area contributed by atoms with Crippen LogP contribution in [0.15, 0.2) is 36.4 Å². The van der Waals surface area contributed by atoms with Crippen molar-refractivity contribution < 1.29 is 19.1 Å². The summed E-state index contributed by atoms with van der Waals surface area (Å²) in [4.78, 5) is 29.5. The Bertz CT molecular complexity index is 991. The monoisotopic (exact) mass is 423 g/mol. The fourth-order valence-corrected chi connectivity index (χ4v) is 4.38. The summed E-state index contributed by atoms with van der Waals surface area (Å²) in [6, 6.07) is 11.1. The number of amides is 2. The van der Waals surface area contributed by atoms with Crippen molar-refractivity contribution in [2.24, 2.45) is 0 Å². The van der Waals surface area contributed by atoms with Crippen LogP contribution in [0.25, 0.3) is 0 Å². The zero-order chi connectivity index (χ0) is 22.0. The van der Waals surface area contributed by atoms with Crippen molar-refractivity contribution in [2.75, 3.05) is 37.1 Å². The van der Waals surface area contributed by atoms with E-state index in [2.05, 4.69) is 10.2 Å². The van der Waals surface area contributed by atoms with Gasteiger partial charge in [0.05, 0.1) is 25.1 Å². The summed E-state index contributed by atoms with van der Waals surface area (Å²) in [5.74, 6) is 1.24. The number of nitrogens with one attached hydrogen (secondary N) is 1. The third-order valence-electron chi connectivity index (χ3n) is 6.01. The van der Waals surface area contributed by atoms with Gasteiger partial charge in [-0.2, -0.15) is 0 Å². The van der Waals surface area contributed by atoms with Crippen LogP contribution < -0.4 is 24.6 Å². The minimum atomic E-state index is -0.183. The molecule has 2 aromatic carbocycles. The fourth-order valence-electron chi connectivity index (χ4n) is 4.38. The van der Waals surface area contributed by atoms with Gasteiger partial charge in [0.25, 0.3) is 5.91 Å². The number of fused-ring (bicyclic) bond motifs is 3. The number of piperidine rings is 1. The van der Waals surface area contributed by atoms with Crippen LogP contribution in [-0.2, 0) is 11.3 Å². The molecule has 0 bridgehead atoms. The molecule has 0 aliphatic carbocycles. The molecule has 2 aromatic rings. The Morgan fingerprint density at radius 3 is 2.74 bits per heavy atom. The Kier molecular flexibility index (Phi) is 6.02. The molecule has 0 unspecified atom stereocenters. The van der Waals surface area contributed by atoms with Crippen LogP contribution in [0.2, 0.25) is 0 Å². The Labute approximate surface area is 182 Å². The summed E-state index contributed by atoms with van der Waals surface area (Å²) in [6.45, 7) is 3.71. The molecule has 0 radical (unpaired) electrons. The smallest absolute Gasteiger partial charge is 0.251 e. The maximum atomic E-state index is 12.8. The van der Waals surface area contributed by atoms with E-state index in [0.29, 0.717) is 30.2 Å². The molecule has 1 fully saturated rings. The maximum Gasteiger partial charge on any atom is 0.251 e. The van der Waals surface area contributed by atoms with Gasteiger partial charge in [-0.15, -0.1) is 0 Å². The van der Waals surface area contributed by atoms with E-state index in [1.165, 1.54) is 0 Å². The number of likely N-dealkylation sites (N-methyl/N-ethyl adjacent to an activating group) is 1. The Hall–Kier alpha value is -3.22. The first-order chi connectivity index (χ1) is 15.0. The number of hydrogen-bond donors (Lipinski definition) is 1. The molecule has 2 heterocycles. The molecule has 7 nitrogen and oxygen atoms in total. The van der Waals surface area contributed by atoms with E-state index in [-0.39, 0.29) is 17.9 Å². The standard InChI is InChI=1S/C24H29N3O4/c1-4-31-21-11-8-16(13-22(21)30-3)15-25-23(28)17-9-10-18-20(14-17)26(2)24(29)19-7-5-6-12-27(18)19/h8-11,13-14,19H,4-7,12,15H2,1-3H3,(H,25,28)/t19-/m0/s1. The minimum Gasteiger partial charge on any atom is -0.493 e. The second-order valence-corrected chi connectivity index (χ2v) is 7.91. The number of anilines is 2. The normalized spacial score (nSPS) is 17.6. The predicted molar refractivity (Wildman–Crippen MR) is 120 cm³/mol. The van der Waals surface area contributed by atoms with Gasteiger partial charge in [0, 0.05) is 25.7 Å². The van der Waals surface area contributed by atoms with Crippen LogP contribution in [0.5, 0.6) is 11.5 Å². The molecule has 31 heavy (non-hydrogen) atoms. The highest BCUT2D eigenvalue weighted by atomic mass is 16.5. The highest BCUT2D eigenvalue weighted by Crippen LogP contribution is 2.39. The molecule has 0 aromatic heterocycles. The summed E-state index contributed by atoms with van der Waals surface area (Å²) >= 11 is 0. The van der Waals surface area contributed by atoms with Crippen LogP contribution in [0.3, 0.4) is 0 Å². The van der Waals surface area contributed by atoms with Crippen LogP contribution in [-0.4, -0.2) is 45.2 Å². The van der Waals surface area contributed by atoms with E-state index in [9.17, 15) is 9.59 Å². The van der Waals surface area contributed by atoms with E-state index in [0.717, 1.165) is 42.7 Å². The van der Waals surface area contributed by atoms with E-state index in [1.807, 2.05) is 43.3 Å². The SMILES string of the molecule is CCOc1ccc(CNC(=O)c2ccc3c(c2)N(C)C(=O)[C@@H]2CCCCN32)cc1OC. The number of rotatable bonds is 6. The molecular formula is C24H29N3O4. The van der Waals surface area contributed by atoms with Crippen LogP contribution in [0.4, 0.5) is 11.4 Å². The van der Waals surface area contributed by atoms with Gasteiger partial charge < -0.3 is 24.6 Å². The molecule has 1 atom stereocenters. The van der Waals surface area contributed by atoms with Crippen molar-refractivity contribution in [1.82, 2.24) is 5.32 Å². The van der Waals surface area contributed by atoms with Gasteiger partial charge in [0.15, 0.2) is 11.5 Å². The second-order valence-electron chi connectivity index (χ2n) is 7.91. The number of methoxy groups -OCH3 is 1. The summed E-state index contributed by atoms with van der Waals surface area (Å²) in [6.07, 6.45) is 3.05. The molecule has 4 rings (SSSR count). The first-order valence-corrected chi connectivity index (χ1v) is 10.8. The van der Waals surface area contributed by atoms with Gasteiger partial charge in [0.2, 0.25) is 5.91 Å². The summed E-state index contributed by atoms with van der Waals surface area (Å²) in [5, 5.41) is 2.95. The van der Waals surface area contributed by atoms with Crippen molar-refractivity contribution in [3.05, 3.63) is 47.5 Å². The van der Waals surface area contributed by atoms with Crippen LogP contribution in [0.1, 0.15) is 42.1 Å². The van der Waals surface area contributed by atoms with E-state index in [4.69, 9.17) is 9.47 Å². The highest BCUT2D eigenvalue weighted by Gasteiger charge is 2.37. The topological polar surface area (TPSA) is 71.1 Å². The van der Waals surface area contributed by atoms with Crippen molar-refractivity contribution in [2.45, 2.75) is 38.8 Å². The lowest BCUT2D eigenvalue weighted by Crippen LogP contribution is -2.54. The van der Waals surface area contributed by atoms with Crippen LogP contribution in [0, 0.1) is 0 Å². The van der Waals surface area contributed by atoms with Gasteiger partial charge >= 0.3 is 0 Å². The maximum absolute atomic E-state index is 12.8. The van der Waals surface area contributed by atoms with Gasteiger partial charge in [0.1, 0.15) is 6.04 Å². The highest BCUT2D eigenvalue weighted by molar-refractivity contribution is 6.07. The number of carbonyl (C=O) groups is 2. The molecule has 2 aliphatic heterocycles. The molecule has 0 spiro atoms. The van der Waals surface area contributed by atoms with Crippen molar-refractivity contribution in [3.63, 3.8) is 0 Å². The number of ether oxygens (including phenoxy) is 2. The lowest BCUT2D eigenvalue weighted by molar-refractivity contribution is -0.120. The first kappa shape index (κ1) is 21.0. The fraction of sp³-hybridized carbons (Fsp3) is 0.417. The zero-order valence-electron chi connectivity index (χ0n) is 18.3. The molecule has 2 aliphatic rings. The lowest BCUT2D eigenvalue weighted by Gasteiger charge is -2.44. The lowest BCUT2D eigenvalue weighted by atomic mass is 9.96. The average Bonchev–Trinajstić information content (AvgIpc) is 2.81. The van der Waals surface area contributed by atoms with Crippen molar-refractivity contribution in [1.29, 1.82) is 0 Å². The Morgan fingerprint density at radius 1 is 1.13 bits per heavy atom. The molecule has 2 amide bonds. The van der Waals surface area contributed by atoms with Gasteiger partial charge in [-0.05, 0) is 62.1 Å². The zero-order valence-corrected chi connectivity index (χ0v) is 18.3. The van der Waals surface area contributed by atoms with E-state index < -0.39 is 0 Å². The summed E-state index contributed by atoms with van der Waals surface area (Å²) in [7, 11) is 3.39. The predicted octanol–water partition coefficient (Wildman–Crippen LogP) is 3.36. The molecular weight excluding hydrogens is 394 g/mol. The average molecular weight is 424 g/mol. The Balaban J connectivity index is 1.49. The van der Waals surface area contributed by atoms with Gasteiger partial charge in [-0.3, -0.25) is 9.59 Å². The quantitative estimate of drug-likeness (QED) is 0.772. The summed E-state index contributed by atoms with van der Waals surface area (Å²) < 4.78 is 10.9. The molecule has 0 saturated carbocycles. The third-order valence-corrected chi connectivity index (χ3v) is 6.01.